The number of aliphatic hydroxyl groups excluding tert-OH is 1. The second-order valence-electron chi connectivity index (χ2n) is 3.95. The summed E-state index contributed by atoms with van der Waals surface area (Å²) >= 11 is 3.07. The fourth-order valence-corrected chi connectivity index (χ4v) is 1.88. The Labute approximate surface area is 118 Å². The van der Waals surface area contributed by atoms with Gasteiger partial charge in [-0.1, -0.05) is 6.07 Å². The van der Waals surface area contributed by atoms with Crippen LogP contribution in [-0.4, -0.2) is 22.2 Å². The van der Waals surface area contributed by atoms with Gasteiger partial charge in [-0.2, -0.15) is 0 Å². The van der Waals surface area contributed by atoms with Crippen LogP contribution in [0.2, 0.25) is 0 Å². The molecule has 2 aromatic rings. The van der Waals surface area contributed by atoms with Gasteiger partial charge in [0.05, 0.1) is 23.4 Å². The second-order valence-corrected chi connectivity index (χ2v) is 4.80. The summed E-state index contributed by atoms with van der Waals surface area (Å²) in [5, 5.41) is 10.1. The van der Waals surface area contributed by atoms with E-state index >= 15 is 0 Å². The predicted molar refractivity (Wildman–Crippen MR) is 71.3 cm³/mol. The lowest BCUT2D eigenvalue weighted by molar-refractivity contribution is 0.176. The highest BCUT2D eigenvalue weighted by Gasteiger charge is 2.12. The molecule has 0 aliphatic rings. The number of nitrogens with zero attached hydrogens (tertiary/aromatic N) is 2. The van der Waals surface area contributed by atoms with Crippen molar-refractivity contribution in [2.24, 2.45) is 0 Å². The normalized spacial score (nSPS) is 12.2. The lowest BCUT2D eigenvalue weighted by Crippen LogP contribution is -2.04. The zero-order valence-electron chi connectivity index (χ0n) is 10.2. The molecule has 0 saturated heterocycles. The molecule has 19 heavy (non-hydrogen) atoms. The molecule has 0 spiro atoms. The molecule has 1 N–H and O–H groups in total. The molecule has 0 amide bonds. The van der Waals surface area contributed by atoms with E-state index < -0.39 is 11.9 Å². The number of aromatic nitrogens is 2. The predicted octanol–water partition coefficient (Wildman–Crippen LogP) is 2.66. The van der Waals surface area contributed by atoms with Crippen LogP contribution in [0.15, 0.2) is 35.1 Å². The molecule has 6 heteroatoms. The Hall–Kier alpha value is -1.53. The highest BCUT2D eigenvalue weighted by atomic mass is 79.9. The molecule has 1 aromatic carbocycles. The molecule has 0 aliphatic heterocycles. The summed E-state index contributed by atoms with van der Waals surface area (Å²) in [4.78, 5) is 7.92. The minimum atomic E-state index is -0.831. The largest absolute Gasteiger partial charge is 0.481 e. The smallest absolute Gasteiger partial charge is 0.216 e. The van der Waals surface area contributed by atoms with Crippen LogP contribution in [0.3, 0.4) is 0 Å². The van der Waals surface area contributed by atoms with Crippen molar-refractivity contribution in [1.29, 1.82) is 0 Å². The first kappa shape index (κ1) is 13.9. The molecule has 1 atom stereocenters. The molecule has 100 valence electrons. The van der Waals surface area contributed by atoms with Crippen LogP contribution < -0.4 is 4.74 Å². The van der Waals surface area contributed by atoms with Crippen LogP contribution in [0.4, 0.5) is 4.39 Å². The van der Waals surface area contributed by atoms with E-state index in [1.807, 2.05) is 0 Å². The Morgan fingerprint density at radius 3 is 2.84 bits per heavy atom. The van der Waals surface area contributed by atoms with Crippen LogP contribution >= 0.6 is 15.9 Å². The van der Waals surface area contributed by atoms with Gasteiger partial charge in [0.15, 0.2) is 0 Å². The van der Waals surface area contributed by atoms with Gasteiger partial charge in [0.1, 0.15) is 12.1 Å². The van der Waals surface area contributed by atoms with Crippen LogP contribution in [0, 0.1) is 5.82 Å². The number of benzene rings is 1. The molecule has 1 unspecified atom stereocenters. The topological polar surface area (TPSA) is 55.2 Å². The lowest BCUT2D eigenvalue weighted by atomic mass is 10.0. The van der Waals surface area contributed by atoms with Crippen molar-refractivity contribution in [3.8, 4) is 5.88 Å². The third-order valence-electron chi connectivity index (χ3n) is 2.64. The van der Waals surface area contributed by atoms with Gasteiger partial charge in [0.25, 0.3) is 0 Å². The number of halogens is 2. The second kappa shape index (κ2) is 6.08. The van der Waals surface area contributed by atoms with E-state index in [1.54, 1.807) is 18.2 Å². The van der Waals surface area contributed by atoms with Crippen molar-refractivity contribution in [2.75, 3.05) is 7.11 Å². The average molecular weight is 327 g/mol. The zero-order chi connectivity index (χ0) is 13.8. The zero-order valence-corrected chi connectivity index (χ0v) is 11.8. The van der Waals surface area contributed by atoms with Crippen LogP contribution in [0.25, 0.3) is 0 Å². The number of ether oxygens (including phenoxy) is 1. The third kappa shape index (κ3) is 3.48. The summed E-state index contributed by atoms with van der Waals surface area (Å²) in [6, 6.07) is 6.16. The van der Waals surface area contributed by atoms with E-state index in [2.05, 4.69) is 25.9 Å². The fraction of sp³-hybridized carbons (Fsp3) is 0.231. The minimum absolute atomic E-state index is 0.264. The van der Waals surface area contributed by atoms with Crippen molar-refractivity contribution in [3.05, 3.63) is 52.1 Å². The van der Waals surface area contributed by atoms with Crippen molar-refractivity contribution in [1.82, 2.24) is 9.97 Å². The SMILES string of the molecule is COc1cc(CC(O)c2ccc(Br)c(F)c2)ncn1. The summed E-state index contributed by atoms with van der Waals surface area (Å²) in [5.74, 6) is 0.0241. The summed E-state index contributed by atoms with van der Waals surface area (Å²) < 4.78 is 18.7. The highest BCUT2D eigenvalue weighted by Crippen LogP contribution is 2.23. The summed E-state index contributed by atoms with van der Waals surface area (Å²) in [6.45, 7) is 0. The summed E-state index contributed by atoms with van der Waals surface area (Å²) in [5.41, 5.74) is 1.13. The third-order valence-corrected chi connectivity index (χ3v) is 3.28. The molecular formula is C13H12BrFN2O2. The minimum Gasteiger partial charge on any atom is -0.481 e. The first-order valence-corrected chi connectivity index (χ1v) is 6.37. The van der Waals surface area contributed by atoms with E-state index in [4.69, 9.17) is 4.74 Å². The Balaban J connectivity index is 2.15. The van der Waals surface area contributed by atoms with Gasteiger partial charge >= 0.3 is 0 Å². The Morgan fingerprint density at radius 1 is 1.37 bits per heavy atom. The molecular weight excluding hydrogens is 315 g/mol. The molecule has 0 saturated carbocycles. The van der Waals surface area contributed by atoms with Crippen molar-refractivity contribution >= 4 is 15.9 Å². The van der Waals surface area contributed by atoms with Crippen LogP contribution in [0.5, 0.6) is 5.88 Å². The molecule has 0 aliphatic carbocycles. The lowest BCUT2D eigenvalue weighted by Gasteiger charge is -2.11. The monoisotopic (exact) mass is 326 g/mol. The Bertz CT molecular complexity index is 580. The van der Waals surface area contributed by atoms with Crippen LogP contribution in [0.1, 0.15) is 17.4 Å². The highest BCUT2D eigenvalue weighted by molar-refractivity contribution is 9.10. The van der Waals surface area contributed by atoms with Gasteiger partial charge in [0.2, 0.25) is 5.88 Å². The average Bonchev–Trinajstić information content (AvgIpc) is 2.42. The Kier molecular flexibility index (Phi) is 4.44. The Morgan fingerprint density at radius 2 is 2.16 bits per heavy atom. The van der Waals surface area contributed by atoms with Crippen molar-refractivity contribution in [2.45, 2.75) is 12.5 Å². The summed E-state index contributed by atoms with van der Waals surface area (Å²) in [7, 11) is 1.51. The van der Waals surface area contributed by atoms with E-state index in [0.29, 0.717) is 21.6 Å². The van der Waals surface area contributed by atoms with E-state index in [-0.39, 0.29) is 6.42 Å². The van der Waals surface area contributed by atoms with E-state index in [1.165, 1.54) is 19.5 Å². The maximum atomic E-state index is 13.4. The number of methoxy groups -OCH3 is 1. The first-order chi connectivity index (χ1) is 9.10. The van der Waals surface area contributed by atoms with Gasteiger partial charge in [0, 0.05) is 12.5 Å². The number of aliphatic hydroxyl groups is 1. The maximum absolute atomic E-state index is 13.4. The van der Waals surface area contributed by atoms with Gasteiger partial charge in [-0.25, -0.2) is 14.4 Å². The maximum Gasteiger partial charge on any atom is 0.216 e. The summed E-state index contributed by atoms with van der Waals surface area (Å²) in [6.07, 6.45) is 0.797. The molecule has 0 bridgehead atoms. The van der Waals surface area contributed by atoms with Crippen LogP contribution in [-0.2, 0) is 6.42 Å². The van der Waals surface area contributed by atoms with Gasteiger partial charge in [-0.15, -0.1) is 0 Å². The quantitative estimate of drug-likeness (QED) is 0.938. The molecule has 1 aromatic heterocycles. The molecule has 2 rings (SSSR count). The fourth-order valence-electron chi connectivity index (χ4n) is 1.64. The van der Waals surface area contributed by atoms with E-state index in [9.17, 15) is 9.50 Å². The van der Waals surface area contributed by atoms with Crippen molar-refractivity contribution < 1.29 is 14.2 Å². The van der Waals surface area contributed by atoms with Gasteiger partial charge in [-0.05, 0) is 33.6 Å². The van der Waals surface area contributed by atoms with Gasteiger partial charge < -0.3 is 9.84 Å². The first-order valence-electron chi connectivity index (χ1n) is 5.58. The number of rotatable bonds is 4. The molecule has 4 nitrogen and oxygen atoms in total. The van der Waals surface area contributed by atoms with E-state index in [0.717, 1.165) is 0 Å². The van der Waals surface area contributed by atoms with Gasteiger partial charge in [-0.3, -0.25) is 0 Å². The number of hydrogen-bond donors (Lipinski definition) is 1. The number of hydrogen-bond acceptors (Lipinski definition) is 4. The van der Waals surface area contributed by atoms with Crippen molar-refractivity contribution in [3.63, 3.8) is 0 Å². The standard InChI is InChI=1S/C13H12BrFN2O2/c1-19-13-6-9(16-7-17-13)5-12(18)8-2-3-10(14)11(15)4-8/h2-4,6-7,12,18H,5H2,1H3. The molecule has 0 fully saturated rings. The molecule has 1 heterocycles. The molecule has 0 radical (unpaired) electrons.